The zero-order valence-corrected chi connectivity index (χ0v) is 19.9. The van der Waals surface area contributed by atoms with Gasteiger partial charge in [0.1, 0.15) is 11.7 Å². The van der Waals surface area contributed by atoms with Gasteiger partial charge in [0.15, 0.2) is 0 Å². The molecule has 1 saturated heterocycles. The summed E-state index contributed by atoms with van der Waals surface area (Å²) in [5.41, 5.74) is 1.96. The number of nitrogens with zero attached hydrogens (tertiary/aromatic N) is 1. The fourth-order valence-corrected chi connectivity index (χ4v) is 4.58. The van der Waals surface area contributed by atoms with E-state index in [0.717, 1.165) is 42.4 Å². The van der Waals surface area contributed by atoms with Crippen LogP contribution >= 0.6 is 11.6 Å². The number of fused-ring (bicyclic) bond motifs is 1. The maximum absolute atomic E-state index is 13.2. The molecule has 3 N–H and O–H groups in total. The number of rotatable bonds is 7. The Morgan fingerprint density at radius 3 is 2.52 bits per heavy atom. The third-order valence-corrected chi connectivity index (χ3v) is 6.68. The highest BCUT2D eigenvalue weighted by atomic mass is 35.5. The number of aromatic nitrogens is 1. The minimum Gasteiger partial charge on any atom is -0.354 e. The summed E-state index contributed by atoms with van der Waals surface area (Å²) in [5, 5.41) is 7.45. The molecule has 1 fully saturated rings. The molecule has 0 unspecified atom stereocenters. The maximum atomic E-state index is 13.2. The molecule has 0 aliphatic carbocycles. The van der Waals surface area contributed by atoms with E-state index < -0.39 is 6.04 Å². The Kier molecular flexibility index (Phi) is 7.36. The molecule has 1 aliphatic heterocycles. The van der Waals surface area contributed by atoms with Crippen molar-refractivity contribution in [2.24, 2.45) is 5.92 Å². The van der Waals surface area contributed by atoms with E-state index in [-0.39, 0.29) is 11.8 Å². The molecular weight excluding hydrogens is 436 g/mol. The molecule has 3 aromatic rings. The number of benzene rings is 2. The molecule has 0 spiro atoms. The molecule has 0 bridgehead atoms. The van der Waals surface area contributed by atoms with E-state index in [9.17, 15) is 9.59 Å². The van der Waals surface area contributed by atoms with Crippen LogP contribution in [-0.4, -0.2) is 47.4 Å². The van der Waals surface area contributed by atoms with Gasteiger partial charge in [-0.05, 0) is 75.5 Å². The Labute approximate surface area is 199 Å². The SMILES string of the molecule is CC(C)N1CCC(CNC(=O)[C@H](NC(=O)c2cc3cc(Cl)ccc3[nH]2)c2ccccc2)CC1. The van der Waals surface area contributed by atoms with Crippen LogP contribution in [0.25, 0.3) is 10.9 Å². The number of nitrogens with one attached hydrogen (secondary N) is 3. The standard InChI is InChI=1S/C26H31ClN4O2/c1-17(2)31-12-10-18(11-13-31)16-28-26(33)24(19-6-4-3-5-7-19)30-25(32)23-15-20-14-21(27)8-9-22(20)29-23/h3-9,14-15,17-18,24,29H,10-13,16H2,1-2H3,(H,28,33)(H,30,32)/t24-/m1/s1. The van der Waals surface area contributed by atoms with Gasteiger partial charge in [-0.2, -0.15) is 0 Å². The van der Waals surface area contributed by atoms with Crippen LogP contribution in [0.2, 0.25) is 5.02 Å². The Balaban J connectivity index is 1.43. The Morgan fingerprint density at radius 2 is 1.82 bits per heavy atom. The van der Waals surface area contributed by atoms with E-state index in [0.29, 0.717) is 29.2 Å². The summed E-state index contributed by atoms with van der Waals surface area (Å²) in [6.07, 6.45) is 2.14. The molecule has 2 heterocycles. The lowest BCUT2D eigenvalue weighted by Crippen LogP contribution is -2.44. The van der Waals surface area contributed by atoms with Crippen LogP contribution in [0, 0.1) is 5.92 Å². The van der Waals surface area contributed by atoms with Crippen molar-refractivity contribution in [2.75, 3.05) is 19.6 Å². The van der Waals surface area contributed by atoms with Crippen LogP contribution in [-0.2, 0) is 4.79 Å². The second kappa shape index (κ2) is 10.4. The van der Waals surface area contributed by atoms with Gasteiger partial charge in [0.25, 0.3) is 5.91 Å². The third kappa shape index (κ3) is 5.75. The first-order valence-corrected chi connectivity index (χ1v) is 11.9. The Hall–Kier alpha value is -2.83. The molecule has 6 nitrogen and oxygen atoms in total. The largest absolute Gasteiger partial charge is 0.354 e. The zero-order chi connectivity index (χ0) is 23.4. The minimum atomic E-state index is -0.774. The summed E-state index contributed by atoms with van der Waals surface area (Å²) in [7, 11) is 0. The summed E-state index contributed by atoms with van der Waals surface area (Å²) < 4.78 is 0. The van der Waals surface area contributed by atoms with Crippen molar-refractivity contribution < 1.29 is 9.59 Å². The normalized spacial score (nSPS) is 16.1. The average Bonchev–Trinajstić information content (AvgIpc) is 3.25. The molecule has 4 rings (SSSR count). The number of likely N-dealkylation sites (tertiary alicyclic amines) is 1. The number of hydrogen-bond donors (Lipinski definition) is 3. The summed E-state index contributed by atoms with van der Waals surface area (Å²) in [6.45, 7) is 7.17. The predicted molar refractivity (Wildman–Crippen MR) is 132 cm³/mol. The quantitative estimate of drug-likeness (QED) is 0.478. The Morgan fingerprint density at radius 1 is 1.09 bits per heavy atom. The molecular formula is C26H31ClN4O2. The zero-order valence-electron chi connectivity index (χ0n) is 19.1. The van der Waals surface area contributed by atoms with Crippen molar-refractivity contribution >= 4 is 34.3 Å². The first kappa shape index (κ1) is 23.3. The molecule has 0 radical (unpaired) electrons. The van der Waals surface area contributed by atoms with Crippen molar-refractivity contribution in [1.82, 2.24) is 20.5 Å². The van der Waals surface area contributed by atoms with Gasteiger partial charge in [-0.3, -0.25) is 9.59 Å². The van der Waals surface area contributed by atoms with Gasteiger partial charge in [0, 0.05) is 28.5 Å². The van der Waals surface area contributed by atoms with Crippen molar-refractivity contribution in [2.45, 2.75) is 38.8 Å². The third-order valence-electron chi connectivity index (χ3n) is 6.44. The van der Waals surface area contributed by atoms with Crippen LogP contribution < -0.4 is 10.6 Å². The fourth-order valence-electron chi connectivity index (χ4n) is 4.40. The van der Waals surface area contributed by atoms with Crippen molar-refractivity contribution in [3.63, 3.8) is 0 Å². The first-order valence-electron chi connectivity index (χ1n) is 11.6. The minimum absolute atomic E-state index is 0.194. The van der Waals surface area contributed by atoms with Gasteiger partial charge in [-0.1, -0.05) is 41.9 Å². The highest BCUT2D eigenvalue weighted by molar-refractivity contribution is 6.31. The summed E-state index contributed by atoms with van der Waals surface area (Å²) in [6, 6.07) is 16.3. The number of amides is 2. The maximum Gasteiger partial charge on any atom is 0.268 e. The highest BCUT2D eigenvalue weighted by Gasteiger charge is 2.26. The number of carbonyl (C=O) groups is 2. The fraction of sp³-hybridized carbons (Fsp3) is 0.385. The van der Waals surface area contributed by atoms with Gasteiger partial charge < -0.3 is 20.5 Å². The second-order valence-corrected chi connectivity index (χ2v) is 9.49. The van der Waals surface area contributed by atoms with Crippen LogP contribution in [0.15, 0.2) is 54.6 Å². The molecule has 1 aliphatic rings. The monoisotopic (exact) mass is 466 g/mol. The lowest BCUT2D eigenvalue weighted by atomic mass is 9.95. The predicted octanol–water partition coefficient (Wildman–Crippen LogP) is 4.53. The molecule has 0 saturated carbocycles. The van der Waals surface area contributed by atoms with Crippen molar-refractivity contribution in [1.29, 1.82) is 0 Å². The molecule has 174 valence electrons. The molecule has 7 heteroatoms. The van der Waals surface area contributed by atoms with Gasteiger partial charge in [0.2, 0.25) is 5.91 Å². The van der Waals surface area contributed by atoms with E-state index in [2.05, 4.69) is 34.4 Å². The second-order valence-electron chi connectivity index (χ2n) is 9.05. The van der Waals surface area contributed by atoms with Crippen molar-refractivity contribution in [3.8, 4) is 0 Å². The highest BCUT2D eigenvalue weighted by Crippen LogP contribution is 2.22. The number of piperidine rings is 1. The van der Waals surface area contributed by atoms with Crippen LogP contribution in [0.1, 0.15) is 48.8 Å². The van der Waals surface area contributed by atoms with Gasteiger partial charge in [-0.25, -0.2) is 0 Å². The summed E-state index contributed by atoms with van der Waals surface area (Å²) in [4.78, 5) is 31.8. The van der Waals surface area contributed by atoms with Crippen LogP contribution in [0.4, 0.5) is 0 Å². The number of carbonyl (C=O) groups excluding carboxylic acids is 2. The van der Waals surface area contributed by atoms with Gasteiger partial charge in [-0.15, -0.1) is 0 Å². The molecule has 1 aromatic heterocycles. The van der Waals surface area contributed by atoms with E-state index in [4.69, 9.17) is 11.6 Å². The van der Waals surface area contributed by atoms with Gasteiger partial charge >= 0.3 is 0 Å². The smallest absolute Gasteiger partial charge is 0.268 e. The number of hydrogen-bond acceptors (Lipinski definition) is 3. The lowest BCUT2D eigenvalue weighted by molar-refractivity contribution is -0.123. The molecule has 1 atom stereocenters. The van der Waals surface area contributed by atoms with Crippen molar-refractivity contribution in [3.05, 3.63) is 70.9 Å². The van der Waals surface area contributed by atoms with E-state index in [1.165, 1.54) is 0 Å². The Bertz CT molecular complexity index is 1100. The number of H-pyrrole nitrogens is 1. The molecule has 33 heavy (non-hydrogen) atoms. The van der Waals surface area contributed by atoms with E-state index in [1.807, 2.05) is 36.4 Å². The lowest BCUT2D eigenvalue weighted by Gasteiger charge is -2.34. The molecule has 2 aromatic carbocycles. The summed E-state index contributed by atoms with van der Waals surface area (Å²) >= 11 is 6.07. The summed E-state index contributed by atoms with van der Waals surface area (Å²) in [5.74, 6) is -0.0777. The topological polar surface area (TPSA) is 77.2 Å². The number of aromatic amines is 1. The first-order chi connectivity index (χ1) is 15.9. The molecule has 2 amide bonds. The number of halogens is 1. The van der Waals surface area contributed by atoms with Crippen LogP contribution in [0.5, 0.6) is 0 Å². The van der Waals surface area contributed by atoms with E-state index >= 15 is 0 Å². The van der Waals surface area contributed by atoms with E-state index in [1.54, 1.807) is 18.2 Å². The van der Waals surface area contributed by atoms with Crippen LogP contribution in [0.3, 0.4) is 0 Å². The average molecular weight is 467 g/mol. The van der Waals surface area contributed by atoms with Gasteiger partial charge in [0.05, 0.1) is 0 Å².